The van der Waals surface area contributed by atoms with E-state index >= 15 is 0 Å². The molecule has 0 aliphatic heterocycles. The first kappa shape index (κ1) is 13.4. The molecule has 1 unspecified atom stereocenters. The number of halogens is 1. The van der Waals surface area contributed by atoms with Crippen LogP contribution in [0, 0.1) is 5.82 Å². The van der Waals surface area contributed by atoms with Crippen molar-refractivity contribution in [2.24, 2.45) is 0 Å². The Labute approximate surface area is 122 Å². The predicted octanol–water partition coefficient (Wildman–Crippen LogP) is 4.65. The maximum absolute atomic E-state index is 13.2. The Bertz CT molecular complexity index is 708. The summed E-state index contributed by atoms with van der Waals surface area (Å²) in [4.78, 5) is 3.90. The molecule has 21 heavy (non-hydrogen) atoms. The van der Waals surface area contributed by atoms with Crippen molar-refractivity contribution in [3.63, 3.8) is 0 Å². The lowest BCUT2D eigenvalue weighted by Crippen LogP contribution is -2.06. The van der Waals surface area contributed by atoms with Gasteiger partial charge < -0.3 is 9.73 Å². The molecule has 2 aromatic carbocycles. The smallest absolute Gasteiger partial charge is 0.181 e. The summed E-state index contributed by atoms with van der Waals surface area (Å²) in [5.41, 5.74) is 2.85. The fourth-order valence-electron chi connectivity index (χ4n) is 2.20. The van der Waals surface area contributed by atoms with Gasteiger partial charge >= 0.3 is 0 Å². The molecule has 3 nitrogen and oxygen atoms in total. The summed E-state index contributed by atoms with van der Waals surface area (Å²) >= 11 is 0. The van der Waals surface area contributed by atoms with Gasteiger partial charge in [0.2, 0.25) is 0 Å². The van der Waals surface area contributed by atoms with Crippen molar-refractivity contribution in [2.45, 2.75) is 13.0 Å². The second-order valence-corrected chi connectivity index (χ2v) is 4.86. The number of hydrogen-bond donors (Lipinski definition) is 1. The average Bonchev–Trinajstić information content (AvgIpc) is 3.02. The van der Waals surface area contributed by atoms with Crippen LogP contribution in [-0.4, -0.2) is 4.98 Å². The van der Waals surface area contributed by atoms with Gasteiger partial charge in [-0.05, 0) is 48.9 Å². The largest absolute Gasteiger partial charge is 0.444 e. The normalized spacial score (nSPS) is 12.1. The first-order chi connectivity index (χ1) is 10.2. The van der Waals surface area contributed by atoms with E-state index in [9.17, 15) is 4.39 Å². The number of anilines is 1. The highest BCUT2D eigenvalue weighted by Crippen LogP contribution is 2.24. The van der Waals surface area contributed by atoms with E-state index in [1.165, 1.54) is 12.5 Å². The minimum atomic E-state index is -0.221. The van der Waals surface area contributed by atoms with Crippen molar-refractivity contribution in [2.75, 3.05) is 5.32 Å². The van der Waals surface area contributed by atoms with E-state index in [-0.39, 0.29) is 11.9 Å². The van der Waals surface area contributed by atoms with Crippen molar-refractivity contribution in [1.82, 2.24) is 4.98 Å². The van der Waals surface area contributed by atoms with Gasteiger partial charge in [0.15, 0.2) is 12.2 Å². The highest BCUT2D eigenvalue weighted by molar-refractivity contribution is 5.60. The van der Waals surface area contributed by atoms with E-state index in [0.717, 1.165) is 22.6 Å². The molecule has 0 fully saturated rings. The van der Waals surface area contributed by atoms with Crippen LogP contribution in [0.2, 0.25) is 0 Å². The number of rotatable bonds is 4. The Kier molecular flexibility index (Phi) is 3.69. The van der Waals surface area contributed by atoms with E-state index in [2.05, 4.69) is 10.3 Å². The minimum Gasteiger partial charge on any atom is -0.444 e. The number of hydrogen-bond acceptors (Lipinski definition) is 3. The molecule has 4 heteroatoms. The highest BCUT2D eigenvalue weighted by atomic mass is 19.1. The van der Waals surface area contributed by atoms with Crippen molar-refractivity contribution in [3.05, 3.63) is 72.5 Å². The van der Waals surface area contributed by atoms with Gasteiger partial charge in [0, 0.05) is 17.3 Å². The van der Waals surface area contributed by atoms with E-state index in [0.29, 0.717) is 0 Å². The van der Waals surface area contributed by atoms with Crippen LogP contribution in [-0.2, 0) is 0 Å². The number of nitrogens with one attached hydrogen (secondary N) is 1. The standard InChI is InChI=1S/C17H15FN2O/c1-12(14-3-2-4-15(18)9-14)20-16-7-5-13(6-8-16)17-10-19-11-21-17/h2-12,20H,1H3. The SMILES string of the molecule is CC(Nc1ccc(-c2cnco2)cc1)c1cccc(F)c1. The molecule has 1 aromatic heterocycles. The molecule has 0 amide bonds. The fraction of sp³-hybridized carbons (Fsp3) is 0.118. The first-order valence-corrected chi connectivity index (χ1v) is 6.73. The van der Waals surface area contributed by atoms with Crippen molar-refractivity contribution in [1.29, 1.82) is 0 Å². The Morgan fingerprint density at radius 1 is 1.14 bits per heavy atom. The molecule has 1 heterocycles. The molecular weight excluding hydrogens is 267 g/mol. The summed E-state index contributed by atoms with van der Waals surface area (Å²) in [6.45, 7) is 2.00. The molecular formula is C17H15FN2O. The number of nitrogens with zero attached hydrogens (tertiary/aromatic N) is 1. The maximum Gasteiger partial charge on any atom is 0.181 e. The number of oxazole rings is 1. The van der Waals surface area contributed by atoms with Gasteiger partial charge in [0.1, 0.15) is 5.82 Å². The van der Waals surface area contributed by atoms with E-state index in [1.54, 1.807) is 18.3 Å². The van der Waals surface area contributed by atoms with Crippen LogP contribution in [0.25, 0.3) is 11.3 Å². The van der Waals surface area contributed by atoms with Crippen LogP contribution in [0.5, 0.6) is 0 Å². The third-order valence-corrected chi connectivity index (χ3v) is 3.33. The first-order valence-electron chi connectivity index (χ1n) is 6.73. The van der Waals surface area contributed by atoms with Crippen LogP contribution in [0.4, 0.5) is 10.1 Å². The van der Waals surface area contributed by atoms with Gasteiger partial charge in [0.25, 0.3) is 0 Å². The van der Waals surface area contributed by atoms with Gasteiger partial charge in [-0.15, -0.1) is 0 Å². The maximum atomic E-state index is 13.2. The molecule has 0 aliphatic rings. The second kappa shape index (κ2) is 5.79. The third kappa shape index (κ3) is 3.11. The average molecular weight is 282 g/mol. The fourth-order valence-corrected chi connectivity index (χ4v) is 2.20. The molecule has 106 valence electrons. The summed E-state index contributed by atoms with van der Waals surface area (Å²) in [6.07, 6.45) is 3.09. The third-order valence-electron chi connectivity index (χ3n) is 3.33. The van der Waals surface area contributed by atoms with Crippen LogP contribution >= 0.6 is 0 Å². The van der Waals surface area contributed by atoms with Crippen molar-refractivity contribution >= 4 is 5.69 Å². The monoisotopic (exact) mass is 282 g/mol. The van der Waals surface area contributed by atoms with Gasteiger partial charge in [0.05, 0.1) is 6.20 Å². The zero-order valence-electron chi connectivity index (χ0n) is 11.6. The van der Waals surface area contributed by atoms with E-state index < -0.39 is 0 Å². The molecule has 0 saturated carbocycles. The van der Waals surface area contributed by atoms with E-state index in [1.807, 2.05) is 37.3 Å². The Balaban J connectivity index is 1.73. The van der Waals surface area contributed by atoms with Gasteiger partial charge in [-0.1, -0.05) is 12.1 Å². The molecule has 0 saturated heterocycles. The summed E-state index contributed by atoms with van der Waals surface area (Å²) < 4.78 is 18.5. The Hall–Kier alpha value is -2.62. The zero-order chi connectivity index (χ0) is 14.7. The summed E-state index contributed by atoms with van der Waals surface area (Å²) in [5.74, 6) is 0.515. The zero-order valence-corrected chi connectivity index (χ0v) is 11.6. The molecule has 0 radical (unpaired) electrons. The minimum absolute atomic E-state index is 0.0248. The second-order valence-electron chi connectivity index (χ2n) is 4.86. The number of aromatic nitrogens is 1. The van der Waals surface area contributed by atoms with Gasteiger partial charge in [-0.25, -0.2) is 9.37 Å². The summed E-state index contributed by atoms with van der Waals surface area (Å²) in [6, 6.07) is 14.5. The predicted molar refractivity (Wildman–Crippen MR) is 80.4 cm³/mol. The lowest BCUT2D eigenvalue weighted by Gasteiger charge is -2.16. The summed E-state index contributed by atoms with van der Waals surface area (Å²) in [7, 11) is 0. The number of benzene rings is 2. The molecule has 1 atom stereocenters. The van der Waals surface area contributed by atoms with Crippen LogP contribution < -0.4 is 5.32 Å². The molecule has 3 rings (SSSR count). The van der Waals surface area contributed by atoms with Crippen LogP contribution in [0.3, 0.4) is 0 Å². The quantitative estimate of drug-likeness (QED) is 0.756. The Morgan fingerprint density at radius 3 is 2.62 bits per heavy atom. The lowest BCUT2D eigenvalue weighted by molar-refractivity contribution is 0.572. The van der Waals surface area contributed by atoms with Crippen LogP contribution in [0.1, 0.15) is 18.5 Å². The molecule has 1 N–H and O–H groups in total. The van der Waals surface area contributed by atoms with Crippen molar-refractivity contribution in [3.8, 4) is 11.3 Å². The van der Waals surface area contributed by atoms with Crippen LogP contribution in [0.15, 0.2) is 65.5 Å². The van der Waals surface area contributed by atoms with Crippen molar-refractivity contribution < 1.29 is 8.81 Å². The van der Waals surface area contributed by atoms with Gasteiger partial charge in [-0.3, -0.25) is 0 Å². The molecule has 0 aliphatic carbocycles. The molecule has 0 spiro atoms. The topological polar surface area (TPSA) is 38.1 Å². The lowest BCUT2D eigenvalue weighted by atomic mass is 10.1. The van der Waals surface area contributed by atoms with Gasteiger partial charge in [-0.2, -0.15) is 0 Å². The molecule has 0 bridgehead atoms. The molecule has 3 aromatic rings. The Morgan fingerprint density at radius 2 is 1.95 bits per heavy atom. The highest BCUT2D eigenvalue weighted by Gasteiger charge is 2.07. The summed E-state index contributed by atoms with van der Waals surface area (Å²) in [5, 5.41) is 3.34. The van der Waals surface area contributed by atoms with E-state index in [4.69, 9.17) is 4.42 Å².